The predicted octanol–water partition coefficient (Wildman–Crippen LogP) is 3.02. The van der Waals surface area contributed by atoms with Gasteiger partial charge in [0.2, 0.25) is 0 Å². The van der Waals surface area contributed by atoms with Crippen LogP contribution in [-0.2, 0) is 0 Å². The van der Waals surface area contributed by atoms with Crippen LogP contribution in [0.1, 0.15) is 29.2 Å². The third kappa shape index (κ3) is 2.54. The minimum Gasteiger partial charge on any atom is -0.352 e. The molecular weight excluding hydrogens is 270 g/mol. The molecule has 104 valence electrons. The van der Waals surface area contributed by atoms with E-state index in [-0.39, 0.29) is 5.91 Å². The standard InChI is InChI=1S/C15H17N3OS/c19-15(13-4-3-7-16-14(13)20)18-10-5-12(6-11-18)17-8-1-2-9-17/h1-4,7-9,12H,5-6,10-11H2,(H,16,20). The molecule has 3 rings (SSSR count). The maximum atomic E-state index is 12.4. The van der Waals surface area contributed by atoms with Crippen LogP contribution in [-0.4, -0.2) is 33.4 Å². The Morgan fingerprint density at radius 1 is 1.20 bits per heavy atom. The van der Waals surface area contributed by atoms with Crippen molar-refractivity contribution < 1.29 is 4.79 Å². The number of hydrogen-bond acceptors (Lipinski definition) is 2. The molecule has 1 saturated heterocycles. The second-order valence-electron chi connectivity index (χ2n) is 5.07. The number of carbonyl (C=O) groups is 1. The molecule has 1 aliphatic heterocycles. The van der Waals surface area contributed by atoms with Gasteiger partial charge in [0, 0.05) is 37.7 Å². The molecule has 20 heavy (non-hydrogen) atoms. The molecule has 0 aromatic carbocycles. The number of nitrogens with one attached hydrogen (secondary N) is 1. The highest BCUT2D eigenvalue weighted by molar-refractivity contribution is 7.71. The van der Waals surface area contributed by atoms with Gasteiger partial charge in [-0.15, -0.1) is 0 Å². The molecule has 3 heterocycles. The van der Waals surface area contributed by atoms with E-state index in [1.54, 1.807) is 12.3 Å². The molecule has 0 bridgehead atoms. The number of amides is 1. The second-order valence-corrected chi connectivity index (χ2v) is 5.47. The minimum absolute atomic E-state index is 0.0396. The monoisotopic (exact) mass is 287 g/mol. The number of rotatable bonds is 2. The molecule has 0 aliphatic carbocycles. The molecule has 1 amide bonds. The van der Waals surface area contributed by atoms with Crippen molar-refractivity contribution in [3.63, 3.8) is 0 Å². The van der Waals surface area contributed by atoms with Gasteiger partial charge in [0.05, 0.1) is 5.56 Å². The van der Waals surface area contributed by atoms with Crippen LogP contribution < -0.4 is 0 Å². The molecule has 1 fully saturated rings. The van der Waals surface area contributed by atoms with Crippen molar-refractivity contribution >= 4 is 18.1 Å². The van der Waals surface area contributed by atoms with Gasteiger partial charge in [-0.2, -0.15) is 0 Å². The lowest BCUT2D eigenvalue weighted by molar-refractivity contribution is 0.0693. The maximum Gasteiger partial charge on any atom is 0.256 e. The minimum atomic E-state index is 0.0396. The van der Waals surface area contributed by atoms with E-state index in [0.717, 1.165) is 25.9 Å². The Morgan fingerprint density at radius 3 is 2.55 bits per heavy atom. The molecule has 0 spiro atoms. The summed E-state index contributed by atoms with van der Waals surface area (Å²) >= 11 is 5.18. The highest BCUT2D eigenvalue weighted by atomic mass is 32.1. The van der Waals surface area contributed by atoms with Crippen LogP contribution in [0.2, 0.25) is 0 Å². The van der Waals surface area contributed by atoms with Crippen molar-refractivity contribution in [3.05, 3.63) is 53.1 Å². The molecule has 1 aliphatic rings. The van der Waals surface area contributed by atoms with E-state index in [9.17, 15) is 4.79 Å². The number of aromatic nitrogens is 2. The van der Waals surface area contributed by atoms with Gasteiger partial charge >= 0.3 is 0 Å². The number of hydrogen-bond donors (Lipinski definition) is 1. The van der Waals surface area contributed by atoms with Crippen LogP contribution in [0.4, 0.5) is 0 Å². The van der Waals surface area contributed by atoms with E-state index < -0.39 is 0 Å². The molecule has 2 aromatic rings. The first-order chi connectivity index (χ1) is 9.75. The number of nitrogens with zero attached hydrogens (tertiary/aromatic N) is 2. The van der Waals surface area contributed by atoms with Crippen molar-refractivity contribution in [2.24, 2.45) is 0 Å². The Labute approximate surface area is 123 Å². The first kappa shape index (κ1) is 13.1. The van der Waals surface area contributed by atoms with E-state index in [1.165, 1.54) is 0 Å². The summed E-state index contributed by atoms with van der Waals surface area (Å²) in [5, 5.41) is 0. The SMILES string of the molecule is O=C(c1ccc[nH]c1=S)N1CCC(n2cccc2)CC1. The summed E-state index contributed by atoms with van der Waals surface area (Å²) in [4.78, 5) is 17.3. The summed E-state index contributed by atoms with van der Waals surface area (Å²) in [6.07, 6.45) is 7.91. The zero-order valence-corrected chi connectivity index (χ0v) is 12.0. The summed E-state index contributed by atoms with van der Waals surface area (Å²) < 4.78 is 2.75. The molecule has 1 N–H and O–H groups in total. The Kier molecular flexibility index (Phi) is 3.69. The number of H-pyrrole nitrogens is 1. The Balaban J connectivity index is 1.68. The third-order valence-corrected chi connectivity index (χ3v) is 4.19. The molecular formula is C15H17N3OS. The van der Waals surface area contributed by atoms with Crippen molar-refractivity contribution in [2.45, 2.75) is 18.9 Å². The second kappa shape index (κ2) is 5.63. The van der Waals surface area contributed by atoms with Crippen LogP contribution in [0.15, 0.2) is 42.9 Å². The van der Waals surface area contributed by atoms with E-state index in [4.69, 9.17) is 12.2 Å². The summed E-state index contributed by atoms with van der Waals surface area (Å²) in [7, 11) is 0. The highest BCUT2D eigenvalue weighted by Crippen LogP contribution is 2.23. The van der Waals surface area contributed by atoms with E-state index in [1.807, 2.05) is 23.1 Å². The van der Waals surface area contributed by atoms with Gasteiger partial charge in [-0.05, 0) is 37.1 Å². The first-order valence-corrected chi connectivity index (χ1v) is 7.26. The highest BCUT2D eigenvalue weighted by Gasteiger charge is 2.24. The van der Waals surface area contributed by atoms with Gasteiger partial charge in [-0.1, -0.05) is 12.2 Å². The zero-order chi connectivity index (χ0) is 13.9. The Morgan fingerprint density at radius 2 is 1.90 bits per heavy atom. The summed E-state index contributed by atoms with van der Waals surface area (Å²) in [5.74, 6) is 0.0396. The fraction of sp³-hybridized carbons (Fsp3) is 0.333. The molecule has 0 radical (unpaired) electrons. The largest absolute Gasteiger partial charge is 0.352 e. The summed E-state index contributed by atoms with van der Waals surface area (Å²) in [5.41, 5.74) is 0.599. The number of carbonyl (C=O) groups excluding carboxylic acids is 1. The van der Waals surface area contributed by atoms with E-state index >= 15 is 0 Å². The van der Waals surface area contributed by atoms with Crippen LogP contribution in [0, 0.1) is 4.64 Å². The third-order valence-electron chi connectivity index (χ3n) is 3.85. The zero-order valence-electron chi connectivity index (χ0n) is 11.2. The molecule has 0 atom stereocenters. The smallest absolute Gasteiger partial charge is 0.256 e. The number of aromatic amines is 1. The molecule has 0 saturated carbocycles. The van der Waals surface area contributed by atoms with Crippen LogP contribution in [0.5, 0.6) is 0 Å². The Hall–Kier alpha value is -1.88. The lowest BCUT2D eigenvalue weighted by Gasteiger charge is -2.32. The number of likely N-dealkylation sites (tertiary alicyclic amines) is 1. The summed E-state index contributed by atoms with van der Waals surface area (Å²) in [6.45, 7) is 1.57. The average Bonchev–Trinajstić information content (AvgIpc) is 3.01. The maximum absolute atomic E-state index is 12.4. The van der Waals surface area contributed by atoms with Crippen molar-refractivity contribution in [2.75, 3.05) is 13.1 Å². The first-order valence-electron chi connectivity index (χ1n) is 6.85. The molecule has 4 nitrogen and oxygen atoms in total. The van der Waals surface area contributed by atoms with Crippen molar-refractivity contribution in [1.29, 1.82) is 0 Å². The fourth-order valence-electron chi connectivity index (χ4n) is 2.72. The Bertz CT molecular complexity index is 639. The normalized spacial score (nSPS) is 16.3. The van der Waals surface area contributed by atoms with Gasteiger partial charge in [0.1, 0.15) is 4.64 Å². The topological polar surface area (TPSA) is 41.0 Å². The lowest BCUT2D eigenvalue weighted by Crippen LogP contribution is -2.39. The van der Waals surface area contributed by atoms with Crippen molar-refractivity contribution in [1.82, 2.24) is 14.5 Å². The van der Waals surface area contributed by atoms with Gasteiger partial charge < -0.3 is 14.5 Å². The van der Waals surface area contributed by atoms with Gasteiger partial charge in [0.15, 0.2) is 0 Å². The van der Waals surface area contributed by atoms with Gasteiger partial charge in [0.25, 0.3) is 5.91 Å². The van der Waals surface area contributed by atoms with E-state index in [2.05, 4.69) is 21.9 Å². The lowest BCUT2D eigenvalue weighted by atomic mass is 10.0. The van der Waals surface area contributed by atoms with Crippen molar-refractivity contribution in [3.8, 4) is 0 Å². The molecule has 2 aromatic heterocycles. The number of pyridine rings is 1. The quantitative estimate of drug-likeness (QED) is 0.863. The van der Waals surface area contributed by atoms with Crippen LogP contribution in [0.3, 0.4) is 0 Å². The van der Waals surface area contributed by atoms with Gasteiger partial charge in [-0.25, -0.2) is 0 Å². The average molecular weight is 287 g/mol. The van der Waals surface area contributed by atoms with Crippen LogP contribution in [0.25, 0.3) is 0 Å². The predicted molar refractivity (Wildman–Crippen MR) is 80.2 cm³/mol. The molecule has 0 unspecified atom stereocenters. The molecule has 5 heteroatoms. The summed E-state index contributed by atoms with van der Waals surface area (Å²) in [6, 6.07) is 8.19. The van der Waals surface area contributed by atoms with Crippen LogP contribution >= 0.6 is 12.2 Å². The van der Waals surface area contributed by atoms with E-state index in [0.29, 0.717) is 16.2 Å². The number of piperidine rings is 1. The fourth-order valence-corrected chi connectivity index (χ4v) is 2.94. The van der Waals surface area contributed by atoms with Gasteiger partial charge in [-0.3, -0.25) is 4.79 Å².